The number of hydrogen-bond acceptors (Lipinski definition) is 4. The standard InChI is InChI=1S/C15H17F3N4O/c1-9-3-6-14(21-12(9)7-19)20-11-4-5-13(15(16,17)18)22(8-11)10(2)23/h3,6,11,13H,4-5,8H2,1-2H3,(H,20,21)/t11-,13-/m1/s1. The number of nitriles is 1. The van der Waals surface area contributed by atoms with E-state index in [-0.39, 0.29) is 31.1 Å². The molecule has 1 amide bonds. The number of rotatable bonds is 2. The molecule has 8 heteroatoms. The Balaban J connectivity index is 2.12. The number of piperidine rings is 1. The number of nitrogens with zero attached hydrogens (tertiary/aromatic N) is 3. The van der Waals surface area contributed by atoms with Gasteiger partial charge in [-0.3, -0.25) is 4.79 Å². The van der Waals surface area contributed by atoms with E-state index in [4.69, 9.17) is 5.26 Å². The maximum atomic E-state index is 13.0. The summed E-state index contributed by atoms with van der Waals surface area (Å²) in [6.07, 6.45) is -4.31. The van der Waals surface area contributed by atoms with Crippen molar-refractivity contribution in [2.45, 2.75) is 44.9 Å². The number of nitrogens with one attached hydrogen (secondary N) is 1. The smallest absolute Gasteiger partial charge is 0.366 e. The van der Waals surface area contributed by atoms with Gasteiger partial charge in [-0.1, -0.05) is 6.07 Å². The zero-order valence-corrected chi connectivity index (χ0v) is 12.8. The van der Waals surface area contributed by atoms with Crippen molar-refractivity contribution < 1.29 is 18.0 Å². The van der Waals surface area contributed by atoms with Crippen LogP contribution in [-0.4, -0.2) is 40.6 Å². The van der Waals surface area contributed by atoms with Gasteiger partial charge in [0, 0.05) is 19.5 Å². The summed E-state index contributed by atoms with van der Waals surface area (Å²) in [5.41, 5.74) is 0.992. The van der Waals surface area contributed by atoms with E-state index >= 15 is 0 Å². The molecule has 0 aromatic carbocycles. The van der Waals surface area contributed by atoms with Crippen molar-refractivity contribution >= 4 is 11.7 Å². The van der Waals surface area contributed by atoms with Gasteiger partial charge in [0.15, 0.2) is 0 Å². The average Bonchev–Trinajstić information content (AvgIpc) is 2.48. The predicted molar refractivity (Wildman–Crippen MR) is 77.6 cm³/mol. The average molecular weight is 326 g/mol. The minimum atomic E-state index is -4.42. The van der Waals surface area contributed by atoms with E-state index in [1.54, 1.807) is 19.1 Å². The molecule has 5 nitrogen and oxygen atoms in total. The zero-order chi connectivity index (χ0) is 17.2. The molecule has 1 fully saturated rings. The highest BCUT2D eigenvalue weighted by Crippen LogP contribution is 2.32. The number of anilines is 1. The number of alkyl halides is 3. The molecule has 1 N–H and O–H groups in total. The molecule has 0 spiro atoms. The Labute approximate surface area is 132 Å². The normalized spacial score (nSPS) is 21.7. The highest BCUT2D eigenvalue weighted by Gasteiger charge is 2.47. The molecule has 2 rings (SSSR count). The Morgan fingerprint density at radius 3 is 2.70 bits per heavy atom. The molecular formula is C15H17F3N4O. The van der Waals surface area contributed by atoms with Gasteiger partial charge in [0.2, 0.25) is 5.91 Å². The second-order valence-corrected chi connectivity index (χ2v) is 5.62. The predicted octanol–water partition coefficient (Wildman–Crippen LogP) is 2.62. The van der Waals surface area contributed by atoms with E-state index < -0.39 is 18.1 Å². The number of halogens is 3. The van der Waals surface area contributed by atoms with E-state index in [0.717, 1.165) is 17.4 Å². The summed E-state index contributed by atoms with van der Waals surface area (Å²) in [5.74, 6) is -0.181. The third-order valence-corrected chi connectivity index (χ3v) is 3.92. The van der Waals surface area contributed by atoms with Crippen LogP contribution in [-0.2, 0) is 4.79 Å². The summed E-state index contributed by atoms with van der Waals surface area (Å²) in [6.45, 7) is 2.84. The molecule has 0 bridgehead atoms. The SMILES string of the molecule is CC(=O)N1C[C@H](Nc2ccc(C)c(C#N)n2)CC[C@@H]1C(F)(F)F. The second-order valence-electron chi connectivity index (χ2n) is 5.62. The second kappa shape index (κ2) is 6.44. The molecule has 124 valence electrons. The summed E-state index contributed by atoms with van der Waals surface area (Å²) >= 11 is 0. The van der Waals surface area contributed by atoms with Crippen LogP contribution in [0.15, 0.2) is 12.1 Å². The van der Waals surface area contributed by atoms with Crippen LogP contribution in [0.5, 0.6) is 0 Å². The molecule has 1 aromatic heterocycles. The number of carbonyl (C=O) groups is 1. The molecule has 0 radical (unpaired) electrons. The Morgan fingerprint density at radius 2 is 2.13 bits per heavy atom. The third-order valence-electron chi connectivity index (χ3n) is 3.92. The van der Waals surface area contributed by atoms with Crippen molar-refractivity contribution in [1.82, 2.24) is 9.88 Å². The van der Waals surface area contributed by atoms with E-state index in [1.807, 2.05) is 6.07 Å². The Kier molecular flexibility index (Phi) is 4.78. The molecule has 23 heavy (non-hydrogen) atoms. The summed E-state index contributed by atoms with van der Waals surface area (Å²) in [6, 6.07) is 3.28. The van der Waals surface area contributed by atoms with Gasteiger partial charge in [0.1, 0.15) is 23.6 Å². The lowest BCUT2D eigenvalue weighted by atomic mass is 9.97. The van der Waals surface area contributed by atoms with Crippen LogP contribution in [0.3, 0.4) is 0 Å². The first-order valence-electron chi connectivity index (χ1n) is 7.20. The molecule has 1 saturated heterocycles. The van der Waals surface area contributed by atoms with Crippen LogP contribution in [0.4, 0.5) is 19.0 Å². The molecule has 1 aromatic rings. The van der Waals surface area contributed by atoms with E-state index in [1.165, 1.54) is 0 Å². The van der Waals surface area contributed by atoms with Gasteiger partial charge >= 0.3 is 6.18 Å². The first-order valence-corrected chi connectivity index (χ1v) is 7.20. The van der Waals surface area contributed by atoms with E-state index in [9.17, 15) is 18.0 Å². The monoisotopic (exact) mass is 326 g/mol. The lowest BCUT2D eigenvalue weighted by molar-refractivity contribution is -0.195. The maximum absolute atomic E-state index is 13.0. The molecular weight excluding hydrogens is 309 g/mol. The Morgan fingerprint density at radius 1 is 1.43 bits per heavy atom. The Hall–Kier alpha value is -2.30. The lowest BCUT2D eigenvalue weighted by Crippen LogP contribution is -2.55. The number of likely N-dealkylation sites (tertiary alicyclic amines) is 1. The highest BCUT2D eigenvalue weighted by molar-refractivity contribution is 5.74. The number of pyridine rings is 1. The molecule has 2 heterocycles. The number of aryl methyl sites for hydroxylation is 1. The van der Waals surface area contributed by atoms with Gasteiger partial charge in [0.05, 0.1) is 0 Å². The van der Waals surface area contributed by atoms with Crippen molar-refractivity contribution in [3.05, 3.63) is 23.4 Å². The summed E-state index contributed by atoms with van der Waals surface area (Å²) < 4.78 is 39.0. The van der Waals surface area contributed by atoms with Crippen LogP contribution in [0.1, 0.15) is 31.0 Å². The van der Waals surface area contributed by atoms with Crippen LogP contribution in [0, 0.1) is 18.3 Å². The van der Waals surface area contributed by atoms with Crippen LogP contribution in [0.25, 0.3) is 0 Å². The fourth-order valence-electron chi connectivity index (χ4n) is 2.71. The van der Waals surface area contributed by atoms with E-state index in [2.05, 4.69) is 10.3 Å². The van der Waals surface area contributed by atoms with Gasteiger partial charge in [-0.2, -0.15) is 18.4 Å². The minimum Gasteiger partial charge on any atom is -0.366 e. The first kappa shape index (κ1) is 17.1. The van der Waals surface area contributed by atoms with Crippen LogP contribution >= 0.6 is 0 Å². The largest absolute Gasteiger partial charge is 0.408 e. The molecule has 0 unspecified atom stereocenters. The van der Waals surface area contributed by atoms with Gasteiger partial charge in [-0.05, 0) is 31.4 Å². The number of amides is 1. The number of carbonyl (C=O) groups excluding carboxylic acids is 1. The van der Waals surface area contributed by atoms with Gasteiger partial charge in [0.25, 0.3) is 0 Å². The quantitative estimate of drug-likeness (QED) is 0.907. The third kappa shape index (κ3) is 3.92. The van der Waals surface area contributed by atoms with Crippen molar-refractivity contribution in [1.29, 1.82) is 5.26 Å². The lowest BCUT2D eigenvalue weighted by Gasteiger charge is -2.40. The van der Waals surface area contributed by atoms with Gasteiger partial charge < -0.3 is 10.2 Å². The first-order chi connectivity index (χ1) is 10.7. The molecule has 1 aliphatic rings. The minimum absolute atomic E-state index is 0.0447. The van der Waals surface area contributed by atoms with E-state index in [0.29, 0.717) is 5.82 Å². The van der Waals surface area contributed by atoms with Crippen LogP contribution < -0.4 is 5.32 Å². The fraction of sp³-hybridized carbons (Fsp3) is 0.533. The maximum Gasteiger partial charge on any atom is 0.408 e. The Bertz CT molecular complexity index is 639. The number of hydrogen-bond donors (Lipinski definition) is 1. The van der Waals surface area contributed by atoms with Gasteiger partial charge in [-0.25, -0.2) is 4.98 Å². The summed E-state index contributed by atoms with van der Waals surface area (Å²) in [7, 11) is 0. The highest BCUT2D eigenvalue weighted by atomic mass is 19.4. The van der Waals surface area contributed by atoms with Crippen molar-refractivity contribution in [3.8, 4) is 6.07 Å². The number of aromatic nitrogens is 1. The molecule has 0 saturated carbocycles. The fourth-order valence-corrected chi connectivity index (χ4v) is 2.71. The van der Waals surface area contributed by atoms with Crippen molar-refractivity contribution in [2.75, 3.05) is 11.9 Å². The van der Waals surface area contributed by atoms with Crippen molar-refractivity contribution in [3.63, 3.8) is 0 Å². The van der Waals surface area contributed by atoms with Crippen LogP contribution in [0.2, 0.25) is 0 Å². The summed E-state index contributed by atoms with van der Waals surface area (Å²) in [4.78, 5) is 16.5. The van der Waals surface area contributed by atoms with Crippen molar-refractivity contribution in [2.24, 2.45) is 0 Å². The molecule has 1 aliphatic heterocycles. The zero-order valence-electron chi connectivity index (χ0n) is 12.8. The molecule has 2 atom stereocenters. The topological polar surface area (TPSA) is 69.0 Å². The van der Waals surface area contributed by atoms with Gasteiger partial charge in [-0.15, -0.1) is 0 Å². The summed E-state index contributed by atoms with van der Waals surface area (Å²) in [5, 5.41) is 12.0. The molecule has 0 aliphatic carbocycles.